The van der Waals surface area contributed by atoms with Crippen LogP contribution in [0.1, 0.15) is 31.2 Å². The lowest BCUT2D eigenvalue weighted by Gasteiger charge is -2.38. The average Bonchev–Trinajstić information content (AvgIpc) is 3.14. The van der Waals surface area contributed by atoms with Crippen LogP contribution in [-0.2, 0) is 16.2 Å². The Morgan fingerprint density at radius 2 is 1.88 bits per heavy atom. The fraction of sp³-hybridized carbons (Fsp3) is 0.450. The molecule has 0 radical (unpaired) electrons. The zero-order valence-corrected chi connectivity index (χ0v) is 19.1. The maximum Gasteiger partial charge on any atom is 0.453 e. The van der Waals surface area contributed by atoms with Crippen molar-refractivity contribution in [3.63, 3.8) is 0 Å². The zero-order chi connectivity index (χ0) is 24.2. The van der Waals surface area contributed by atoms with Crippen LogP contribution >= 0.6 is 0 Å². The van der Waals surface area contributed by atoms with E-state index in [0.29, 0.717) is 24.0 Å². The normalized spacial score (nSPS) is 17.5. The largest absolute Gasteiger partial charge is 0.453 e. The smallest absolute Gasteiger partial charge is 0.380 e. The first-order chi connectivity index (χ1) is 15.3. The molecule has 1 aliphatic heterocycles. The van der Waals surface area contributed by atoms with Crippen LogP contribution in [0.4, 0.5) is 19.0 Å². The second-order valence-electron chi connectivity index (χ2n) is 8.64. The number of nitrogens with zero attached hydrogens (tertiary/aromatic N) is 5. The molecule has 0 amide bonds. The molecule has 9 nitrogen and oxygen atoms in total. The molecule has 3 N–H and O–H groups in total. The van der Waals surface area contributed by atoms with Crippen LogP contribution in [0.2, 0.25) is 0 Å². The second-order valence-corrected chi connectivity index (χ2v) is 10.3. The Labute approximate surface area is 188 Å². The van der Waals surface area contributed by atoms with E-state index < -0.39 is 33.4 Å². The summed E-state index contributed by atoms with van der Waals surface area (Å²) in [6.45, 7) is 5.12. The number of piperidine rings is 1. The van der Waals surface area contributed by atoms with E-state index in [1.807, 2.05) is 14.0 Å². The van der Waals surface area contributed by atoms with Gasteiger partial charge in [-0.1, -0.05) is 6.07 Å². The van der Waals surface area contributed by atoms with Gasteiger partial charge in [-0.15, -0.1) is 5.10 Å². The topological polar surface area (TPSA) is 119 Å². The van der Waals surface area contributed by atoms with E-state index >= 15 is 0 Å². The van der Waals surface area contributed by atoms with Crippen LogP contribution in [0.3, 0.4) is 0 Å². The summed E-state index contributed by atoms with van der Waals surface area (Å²) >= 11 is 0. The highest BCUT2D eigenvalue weighted by atomic mass is 32.2. The Kier molecular flexibility index (Phi) is 5.61. The van der Waals surface area contributed by atoms with Crippen LogP contribution in [0.25, 0.3) is 16.9 Å². The minimum Gasteiger partial charge on any atom is -0.380 e. The fourth-order valence-electron chi connectivity index (χ4n) is 3.85. The molecule has 1 fully saturated rings. The number of likely N-dealkylation sites (tertiary alicyclic amines) is 1. The number of nitrogens with one attached hydrogen (secondary N) is 1. The Balaban J connectivity index is 1.77. The first-order valence-electron chi connectivity index (χ1n) is 10.2. The molecule has 13 heteroatoms. The van der Waals surface area contributed by atoms with Gasteiger partial charge in [-0.05, 0) is 64.5 Å². The van der Waals surface area contributed by atoms with E-state index in [2.05, 4.69) is 24.7 Å². The van der Waals surface area contributed by atoms with Crippen molar-refractivity contribution in [2.45, 2.75) is 43.3 Å². The lowest BCUT2D eigenvalue weighted by Crippen LogP contribution is -2.52. The number of aromatic nitrogens is 4. The van der Waals surface area contributed by atoms with E-state index in [1.54, 1.807) is 13.0 Å². The first-order valence-corrected chi connectivity index (χ1v) is 11.7. The lowest BCUT2D eigenvalue weighted by atomic mass is 9.91. The number of imidazole rings is 1. The molecule has 0 aliphatic carbocycles. The van der Waals surface area contributed by atoms with E-state index in [9.17, 15) is 21.6 Å². The molecule has 0 atom stereocenters. The minimum atomic E-state index is -4.81. The van der Waals surface area contributed by atoms with Crippen molar-refractivity contribution in [2.75, 3.05) is 25.9 Å². The van der Waals surface area contributed by atoms with Gasteiger partial charge < -0.3 is 10.6 Å². The van der Waals surface area contributed by atoms with Crippen molar-refractivity contribution in [3.8, 4) is 11.3 Å². The van der Waals surface area contributed by atoms with Gasteiger partial charge in [0, 0.05) is 11.1 Å². The van der Waals surface area contributed by atoms with E-state index in [-0.39, 0.29) is 16.2 Å². The van der Waals surface area contributed by atoms with Crippen molar-refractivity contribution in [1.82, 2.24) is 29.2 Å². The highest BCUT2D eigenvalue weighted by molar-refractivity contribution is 7.89. The molecule has 0 saturated carbocycles. The van der Waals surface area contributed by atoms with Crippen molar-refractivity contribution in [1.29, 1.82) is 0 Å². The molecular weight excluding hydrogens is 459 g/mol. The Hall–Kier alpha value is -2.77. The van der Waals surface area contributed by atoms with Gasteiger partial charge in [0.15, 0.2) is 11.5 Å². The third-order valence-corrected chi connectivity index (χ3v) is 7.54. The van der Waals surface area contributed by atoms with Crippen molar-refractivity contribution in [3.05, 3.63) is 35.8 Å². The number of benzene rings is 1. The second kappa shape index (κ2) is 7.92. The Morgan fingerprint density at radius 3 is 2.52 bits per heavy atom. The fourth-order valence-corrected chi connectivity index (χ4v) is 5.34. The quantitative estimate of drug-likeness (QED) is 0.585. The van der Waals surface area contributed by atoms with Crippen molar-refractivity contribution < 1.29 is 21.6 Å². The molecule has 0 unspecified atom stereocenters. The molecule has 0 bridgehead atoms. The molecule has 33 heavy (non-hydrogen) atoms. The van der Waals surface area contributed by atoms with Crippen molar-refractivity contribution >= 4 is 21.5 Å². The number of sulfonamides is 1. The predicted molar refractivity (Wildman–Crippen MR) is 116 cm³/mol. The molecular formula is C20H24F3N7O2S. The monoisotopic (exact) mass is 483 g/mol. The number of nitrogen functional groups attached to an aromatic ring is 1. The summed E-state index contributed by atoms with van der Waals surface area (Å²) in [6.07, 6.45) is -2.20. The summed E-state index contributed by atoms with van der Waals surface area (Å²) in [6, 6.07) is 4.47. The number of fused-ring (bicyclic) bond motifs is 1. The summed E-state index contributed by atoms with van der Waals surface area (Å²) in [4.78, 5) is 9.45. The van der Waals surface area contributed by atoms with Crippen LogP contribution < -0.4 is 10.5 Å². The molecule has 1 aliphatic rings. The molecule has 1 aromatic carbocycles. The zero-order valence-electron chi connectivity index (χ0n) is 18.3. The van der Waals surface area contributed by atoms with Gasteiger partial charge >= 0.3 is 6.18 Å². The van der Waals surface area contributed by atoms with Gasteiger partial charge in [0.1, 0.15) is 0 Å². The average molecular weight is 484 g/mol. The number of hydrogen-bond donors (Lipinski definition) is 2. The lowest BCUT2D eigenvalue weighted by molar-refractivity contribution is -0.145. The maximum absolute atomic E-state index is 13.2. The molecule has 2 aromatic heterocycles. The Bertz CT molecular complexity index is 1310. The Morgan fingerprint density at radius 1 is 1.21 bits per heavy atom. The number of rotatable bonds is 4. The van der Waals surface area contributed by atoms with Crippen LogP contribution in [0, 0.1) is 6.92 Å². The van der Waals surface area contributed by atoms with Gasteiger partial charge in [0.25, 0.3) is 5.82 Å². The minimum absolute atomic E-state index is 0.00345. The summed E-state index contributed by atoms with van der Waals surface area (Å²) in [5, 5.41) is 3.56. The molecule has 178 valence electrons. The number of halogens is 3. The third kappa shape index (κ3) is 4.52. The highest BCUT2D eigenvalue weighted by Gasteiger charge is 2.37. The standard InChI is InChI=1S/C20H24F3N7O2S/c1-12-4-5-13(33(31,32)28-19(2)6-8-29(3)9-7-19)10-14(12)15-11-25-17-16(24)26-18(20(21,22)23)27-30(15)17/h4-5,10-11,28H,6-9H2,1-3H3,(H2,24,26,27). The van der Waals surface area contributed by atoms with E-state index in [1.165, 1.54) is 18.3 Å². The van der Waals surface area contributed by atoms with Gasteiger partial charge in [-0.3, -0.25) is 0 Å². The van der Waals surface area contributed by atoms with Gasteiger partial charge in [0.2, 0.25) is 10.0 Å². The summed E-state index contributed by atoms with van der Waals surface area (Å²) in [7, 11) is -1.91. The SMILES string of the molecule is Cc1ccc(S(=O)(=O)NC2(C)CCN(C)CC2)cc1-c1cnc2c(N)nc(C(F)(F)F)nn12. The number of aryl methyl sites for hydroxylation is 1. The summed E-state index contributed by atoms with van der Waals surface area (Å²) in [5.41, 5.74) is 6.19. The van der Waals surface area contributed by atoms with E-state index in [0.717, 1.165) is 17.6 Å². The van der Waals surface area contributed by atoms with Crippen LogP contribution in [0.15, 0.2) is 29.3 Å². The summed E-state index contributed by atoms with van der Waals surface area (Å²) in [5.74, 6) is -1.84. The molecule has 0 spiro atoms. The van der Waals surface area contributed by atoms with E-state index in [4.69, 9.17) is 5.73 Å². The molecule has 3 heterocycles. The number of alkyl halides is 3. The van der Waals surface area contributed by atoms with Gasteiger partial charge in [-0.2, -0.15) is 13.2 Å². The van der Waals surface area contributed by atoms with Gasteiger partial charge in [-0.25, -0.2) is 27.6 Å². The number of anilines is 1. The molecule has 4 rings (SSSR count). The molecule has 1 saturated heterocycles. The van der Waals surface area contributed by atoms with Crippen LogP contribution in [-0.4, -0.2) is 58.6 Å². The van der Waals surface area contributed by atoms with Gasteiger partial charge in [0.05, 0.1) is 16.8 Å². The highest BCUT2D eigenvalue weighted by Crippen LogP contribution is 2.31. The van der Waals surface area contributed by atoms with Crippen molar-refractivity contribution in [2.24, 2.45) is 0 Å². The summed E-state index contributed by atoms with van der Waals surface area (Å²) < 4.78 is 69.8. The first kappa shape index (κ1) is 23.4. The third-order valence-electron chi connectivity index (χ3n) is 5.91. The maximum atomic E-state index is 13.2. The predicted octanol–water partition coefficient (Wildman–Crippen LogP) is 2.46. The molecule has 3 aromatic rings. The number of nitrogens with two attached hydrogens (primary N) is 1. The van der Waals surface area contributed by atoms with Crippen LogP contribution in [0.5, 0.6) is 0 Å². The number of hydrogen-bond acceptors (Lipinski definition) is 7.